The number of carbonyl (C=O) groups is 2. The molecule has 0 saturated carbocycles. The summed E-state index contributed by atoms with van der Waals surface area (Å²) < 4.78 is 10.5. The molecule has 0 aliphatic heterocycles. The summed E-state index contributed by atoms with van der Waals surface area (Å²) in [6.07, 6.45) is 0. The van der Waals surface area contributed by atoms with Crippen molar-refractivity contribution >= 4 is 28.2 Å². The van der Waals surface area contributed by atoms with Gasteiger partial charge >= 0.3 is 0 Å². The van der Waals surface area contributed by atoms with Crippen LogP contribution in [0.5, 0.6) is 11.5 Å². The van der Waals surface area contributed by atoms with Crippen molar-refractivity contribution in [2.45, 2.75) is 34.2 Å². The zero-order chi connectivity index (χ0) is 20.2. The maximum Gasteiger partial charge on any atom is 0.261 e. The molecule has 0 unspecified atom stereocenters. The Labute approximate surface area is 163 Å². The summed E-state index contributed by atoms with van der Waals surface area (Å²) in [4.78, 5) is 25.3. The van der Waals surface area contributed by atoms with Gasteiger partial charge in [0, 0.05) is 23.6 Å². The molecule has 6 nitrogen and oxygen atoms in total. The highest BCUT2D eigenvalue weighted by Crippen LogP contribution is 2.29. The second-order valence-corrected chi connectivity index (χ2v) is 8.24. The van der Waals surface area contributed by atoms with Gasteiger partial charge in [0.2, 0.25) is 5.91 Å². The molecule has 7 heteroatoms. The maximum absolute atomic E-state index is 12.6. The van der Waals surface area contributed by atoms with Gasteiger partial charge in [0.05, 0.1) is 24.1 Å². The normalized spacial score (nSPS) is 11.0. The average Bonchev–Trinajstić information content (AvgIpc) is 2.98. The fourth-order valence-corrected chi connectivity index (χ4v) is 3.31. The molecule has 2 aromatic rings. The molecule has 1 aromatic heterocycles. The van der Waals surface area contributed by atoms with Gasteiger partial charge in [0.1, 0.15) is 11.5 Å². The minimum Gasteiger partial charge on any atom is -0.497 e. The number of hydrogen-bond acceptors (Lipinski definition) is 5. The van der Waals surface area contributed by atoms with E-state index in [4.69, 9.17) is 9.47 Å². The fraction of sp³-hybridized carbons (Fsp3) is 0.400. The van der Waals surface area contributed by atoms with Gasteiger partial charge in [-0.15, -0.1) is 11.3 Å². The van der Waals surface area contributed by atoms with E-state index in [9.17, 15) is 9.59 Å². The molecule has 2 amide bonds. The lowest BCUT2D eigenvalue weighted by atomic mass is 9.96. The smallest absolute Gasteiger partial charge is 0.261 e. The Morgan fingerprint density at radius 1 is 1.11 bits per heavy atom. The molecule has 0 bridgehead atoms. The first-order valence-corrected chi connectivity index (χ1v) is 9.38. The Morgan fingerprint density at radius 2 is 1.81 bits per heavy atom. The monoisotopic (exact) mass is 390 g/mol. The number of carbonyl (C=O) groups excluding carboxylic acids is 2. The quantitative estimate of drug-likeness (QED) is 0.782. The Hall–Kier alpha value is -2.54. The summed E-state index contributed by atoms with van der Waals surface area (Å²) in [5, 5.41) is 6.44. The number of methoxy groups -OCH3 is 2. The molecular formula is C20H26N2O4S. The lowest BCUT2D eigenvalue weighted by Gasteiger charge is -2.16. The largest absolute Gasteiger partial charge is 0.497 e. The molecule has 2 rings (SSSR count). The van der Waals surface area contributed by atoms with Gasteiger partial charge < -0.3 is 20.1 Å². The summed E-state index contributed by atoms with van der Waals surface area (Å²) in [6.45, 7) is 7.72. The third-order valence-corrected chi connectivity index (χ3v) is 5.13. The molecule has 1 heterocycles. The topological polar surface area (TPSA) is 76.7 Å². The highest BCUT2D eigenvalue weighted by molar-refractivity contribution is 7.18. The highest BCUT2D eigenvalue weighted by Gasteiger charge is 2.23. The van der Waals surface area contributed by atoms with Crippen LogP contribution in [-0.4, -0.2) is 26.0 Å². The molecule has 0 fully saturated rings. The summed E-state index contributed by atoms with van der Waals surface area (Å²) >= 11 is 1.27. The number of ether oxygens (including phenoxy) is 2. The van der Waals surface area contributed by atoms with Crippen LogP contribution in [0, 0.1) is 12.3 Å². The van der Waals surface area contributed by atoms with Gasteiger partial charge in [-0.3, -0.25) is 9.59 Å². The molecule has 0 atom stereocenters. The van der Waals surface area contributed by atoms with Crippen molar-refractivity contribution in [1.82, 2.24) is 5.32 Å². The summed E-state index contributed by atoms with van der Waals surface area (Å²) in [5.41, 5.74) is 1.18. The van der Waals surface area contributed by atoms with E-state index in [1.165, 1.54) is 11.3 Å². The van der Waals surface area contributed by atoms with Crippen molar-refractivity contribution in [3.63, 3.8) is 0 Å². The van der Waals surface area contributed by atoms with Crippen molar-refractivity contribution in [2.24, 2.45) is 5.41 Å². The number of benzene rings is 1. The van der Waals surface area contributed by atoms with E-state index < -0.39 is 5.41 Å². The van der Waals surface area contributed by atoms with E-state index in [1.807, 2.05) is 45.9 Å². The molecule has 0 aliphatic rings. The lowest BCUT2D eigenvalue weighted by Crippen LogP contribution is -2.27. The molecule has 146 valence electrons. The highest BCUT2D eigenvalue weighted by atomic mass is 32.1. The number of thiophene rings is 1. The van der Waals surface area contributed by atoms with Crippen LogP contribution in [0.25, 0.3) is 0 Å². The first-order chi connectivity index (χ1) is 12.7. The van der Waals surface area contributed by atoms with Crippen molar-refractivity contribution < 1.29 is 19.1 Å². The molecule has 0 spiro atoms. The summed E-state index contributed by atoms with van der Waals surface area (Å²) in [5.74, 6) is 1.07. The van der Waals surface area contributed by atoms with Gasteiger partial charge in [-0.2, -0.15) is 0 Å². The van der Waals surface area contributed by atoms with Gasteiger partial charge in [0.15, 0.2) is 0 Å². The Kier molecular flexibility index (Phi) is 6.49. The number of rotatable bonds is 6. The van der Waals surface area contributed by atoms with E-state index in [-0.39, 0.29) is 11.8 Å². The molecule has 1 aromatic carbocycles. The van der Waals surface area contributed by atoms with Crippen molar-refractivity contribution in [1.29, 1.82) is 0 Å². The number of aryl methyl sites for hydroxylation is 1. The Balaban J connectivity index is 2.08. The Morgan fingerprint density at radius 3 is 2.41 bits per heavy atom. The van der Waals surface area contributed by atoms with Crippen molar-refractivity contribution in [3.05, 3.63) is 40.3 Å². The molecule has 0 radical (unpaired) electrons. The third kappa shape index (κ3) is 5.23. The van der Waals surface area contributed by atoms with Crippen LogP contribution in [0.15, 0.2) is 24.3 Å². The lowest BCUT2D eigenvalue weighted by molar-refractivity contribution is -0.123. The van der Waals surface area contributed by atoms with Crippen LogP contribution < -0.4 is 20.1 Å². The van der Waals surface area contributed by atoms with Crippen LogP contribution in [0.2, 0.25) is 0 Å². The number of anilines is 1. The zero-order valence-electron chi connectivity index (χ0n) is 16.6. The standard InChI is InChI=1S/C20H26N2O4S/c1-12-9-16(22-19(24)20(2,3)4)27-17(12)18(23)21-11-13-7-8-14(25-5)10-15(13)26-6/h7-10H,11H2,1-6H3,(H,21,23)(H,22,24). The van der Waals surface area contributed by atoms with Gasteiger partial charge in [-0.05, 0) is 30.7 Å². The molecule has 2 N–H and O–H groups in total. The third-order valence-electron chi connectivity index (χ3n) is 3.98. The SMILES string of the molecule is COc1ccc(CNC(=O)c2sc(NC(=O)C(C)(C)C)cc2C)c(OC)c1. The first-order valence-electron chi connectivity index (χ1n) is 8.56. The zero-order valence-corrected chi connectivity index (χ0v) is 17.4. The molecule has 0 saturated heterocycles. The van der Waals surface area contributed by atoms with Crippen molar-refractivity contribution in [3.8, 4) is 11.5 Å². The maximum atomic E-state index is 12.6. The summed E-state index contributed by atoms with van der Waals surface area (Å²) in [6, 6.07) is 7.27. The van der Waals surface area contributed by atoms with Crippen LogP contribution in [0.4, 0.5) is 5.00 Å². The molecule has 0 aliphatic carbocycles. The number of hydrogen-bond donors (Lipinski definition) is 2. The number of nitrogens with one attached hydrogen (secondary N) is 2. The van der Waals surface area contributed by atoms with Crippen LogP contribution in [0.1, 0.15) is 41.6 Å². The minimum atomic E-state index is -0.495. The first kappa shape index (κ1) is 20.8. The summed E-state index contributed by atoms with van der Waals surface area (Å²) in [7, 11) is 3.17. The van der Waals surface area contributed by atoms with E-state index >= 15 is 0 Å². The van der Waals surface area contributed by atoms with E-state index in [0.717, 1.165) is 11.1 Å². The predicted molar refractivity (Wildman–Crippen MR) is 108 cm³/mol. The Bertz CT molecular complexity index is 837. The van der Waals surface area contributed by atoms with Crippen molar-refractivity contribution in [2.75, 3.05) is 19.5 Å². The van der Waals surface area contributed by atoms with E-state index in [1.54, 1.807) is 20.3 Å². The van der Waals surface area contributed by atoms with Crippen LogP contribution in [-0.2, 0) is 11.3 Å². The van der Waals surface area contributed by atoms with Crippen LogP contribution >= 0.6 is 11.3 Å². The molecule has 27 heavy (non-hydrogen) atoms. The average molecular weight is 391 g/mol. The second kappa shape index (κ2) is 8.43. The van der Waals surface area contributed by atoms with Gasteiger partial charge in [0.25, 0.3) is 5.91 Å². The minimum absolute atomic E-state index is 0.0846. The predicted octanol–water partition coefficient (Wildman–Crippen LogP) is 3.99. The number of amides is 2. The van der Waals surface area contributed by atoms with E-state index in [0.29, 0.717) is 27.9 Å². The van der Waals surface area contributed by atoms with E-state index in [2.05, 4.69) is 10.6 Å². The molecular weight excluding hydrogens is 364 g/mol. The van der Waals surface area contributed by atoms with Crippen LogP contribution in [0.3, 0.4) is 0 Å². The second-order valence-electron chi connectivity index (χ2n) is 7.19. The fourth-order valence-electron chi connectivity index (χ4n) is 2.32. The van der Waals surface area contributed by atoms with Gasteiger partial charge in [-0.1, -0.05) is 20.8 Å². The van der Waals surface area contributed by atoms with Gasteiger partial charge in [-0.25, -0.2) is 0 Å².